The van der Waals surface area contributed by atoms with Gasteiger partial charge in [0.05, 0.1) is 16.8 Å². The standard InChI is InChI=1S/C12H7F3N2O3/c13-12(14,15)6-1-2-16-9(3-6)8-5-17-10(18)4-7(8)11(19)20/h1-5H,(H,17,18)(H,19,20). The number of alkyl halides is 3. The van der Waals surface area contributed by atoms with Crippen LogP contribution in [0.2, 0.25) is 0 Å². The molecule has 2 heterocycles. The van der Waals surface area contributed by atoms with Crippen LogP contribution >= 0.6 is 0 Å². The predicted molar refractivity (Wildman–Crippen MR) is 62.3 cm³/mol. The lowest BCUT2D eigenvalue weighted by atomic mass is 10.1. The van der Waals surface area contributed by atoms with Crippen LogP contribution in [0.5, 0.6) is 0 Å². The fraction of sp³-hybridized carbons (Fsp3) is 0.0833. The molecule has 5 nitrogen and oxygen atoms in total. The van der Waals surface area contributed by atoms with Gasteiger partial charge in [0.1, 0.15) is 0 Å². The van der Waals surface area contributed by atoms with Gasteiger partial charge in [0, 0.05) is 24.0 Å². The van der Waals surface area contributed by atoms with E-state index in [0.29, 0.717) is 0 Å². The lowest BCUT2D eigenvalue weighted by Crippen LogP contribution is -2.11. The first-order chi connectivity index (χ1) is 9.29. The second-order valence-corrected chi connectivity index (χ2v) is 3.86. The van der Waals surface area contributed by atoms with Crippen LogP contribution in [0, 0.1) is 0 Å². The Morgan fingerprint density at radius 3 is 2.60 bits per heavy atom. The Labute approximate surface area is 109 Å². The van der Waals surface area contributed by atoms with Crippen molar-refractivity contribution in [1.29, 1.82) is 0 Å². The number of carbonyl (C=O) groups is 1. The van der Waals surface area contributed by atoms with Gasteiger partial charge in [0.25, 0.3) is 0 Å². The minimum absolute atomic E-state index is 0.0943. The molecule has 20 heavy (non-hydrogen) atoms. The lowest BCUT2D eigenvalue weighted by Gasteiger charge is -2.09. The average Bonchev–Trinajstić information content (AvgIpc) is 2.37. The average molecular weight is 284 g/mol. The SMILES string of the molecule is O=C(O)c1cc(=O)[nH]cc1-c1cc(C(F)(F)F)ccn1. The van der Waals surface area contributed by atoms with Crippen molar-refractivity contribution in [2.75, 3.05) is 0 Å². The Bertz CT molecular complexity index is 722. The maximum absolute atomic E-state index is 12.6. The number of H-pyrrole nitrogens is 1. The zero-order valence-electron chi connectivity index (χ0n) is 9.73. The minimum Gasteiger partial charge on any atom is -0.478 e. The monoisotopic (exact) mass is 284 g/mol. The summed E-state index contributed by atoms with van der Waals surface area (Å²) in [6, 6.07) is 2.29. The molecule has 0 spiro atoms. The molecule has 0 unspecified atom stereocenters. The molecule has 2 aromatic heterocycles. The van der Waals surface area contributed by atoms with Crippen LogP contribution in [0.1, 0.15) is 15.9 Å². The predicted octanol–water partition coefficient (Wildman–Crippen LogP) is 2.15. The molecule has 0 saturated carbocycles. The number of nitrogens with one attached hydrogen (secondary N) is 1. The van der Waals surface area contributed by atoms with Crippen molar-refractivity contribution in [3.63, 3.8) is 0 Å². The summed E-state index contributed by atoms with van der Waals surface area (Å²) in [6.45, 7) is 0. The molecule has 0 saturated heterocycles. The number of pyridine rings is 2. The molecule has 0 aliphatic heterocycles. The fourth-order valence-corrected chi connectivity index (χ4v) is 1.61. The number of halogens is 3. The van der Waals surface area contributed by atoms with Gasteiger partial charge in [0.15, 0.2) is 0 Å². The van der Waals surface area contributed by atoms with E-state index < -0.39 is 28.8 Å². The molecular formula is C12H7F3N2O3. The van der Waals surface area contributed by atoms with Crippen molar-refractivity contribution in [3.05, 3.63) is 52.1 Å². The Hall–Kier alpha value is -2.64. The first-order valence-corrected chi connectivity index (χ1v) is 5.28. The normalized spacial score (nSPS) is 11.3. The van der Waals surface area contributed by atoms with E-state index in [2.05, 4.69) is 9.97 Å². The lowest BCUT2D eigenvalue weighted by molar-refractivity contribution is -0.137. The summed E-state index contributed by atoms with van der Waals surface area (Å²) in [5.74, 6) is -1.43. The number of aromatic carboxylic acids is 1. The maximum Gasteiger partial charge on any atom is 0.416 e. The van der Waals surface area contributed by atoms with Gasteiger partial charge >= 0.3 is 12.1 Å². The van der Waals surface area contributed by atoms with E-state index in [4.69, 9.17) is 5.11 Å². The maximum atomic E-state index is 12.6. The molecule has 0 radical (unpaired) electrons. The van der Waals surface area contributed by atoms with Crippen molar-refractivity contribution in [3.8, 4) is 11.3 Å². The van der Waals surface area contributed by atoms with Crippen molar-refractivity contribution in [2.45, 2.75) is 6.18 Å². The van der Waals surface area contributed by atoms with Gasteiger partial charge in [-0.2, -0.15) is 13.2 Å². The molecule has 0 bridgehead atoms. The largest absolute Gasteiger partial charge is 0.478 e. The number of aromatic nitrogens is 2. The highest BCUT2D eigenvalue weighted by molar-refractivity contribution is 5.95. The Morgan fingerprint density at radius 1 is 1.30 bits per heavy atom. The summed E-state index contributed by atoms with van der Waals surface area (Å²) in [7, 11) is 0. The highest BCUT2D eigenvalue weighted by Gasteiger charge is 2.31. The smallest absolute Gasteiger partial charge is 0.416 e. The number of aromatic amines is 1. The van der Waals surface area contributed by atoms with Gasteiger partial charge in [-0.05, 0) is 12.1 Å². The summed E-state index contributed by atoms with van der Waals surface area (Å²) >= 11 is 0. The van der Waals surface area contributed by atoms with Gasteiger partial charge in [-0.15, -0.1) is 0 Å². The minimum atomic E-state index is -4.57. The summed E-state index contributed by atoms with van der Waals surface area (Å²) in [6.07, 6.45) is -2.62. The van der Waals surface area contributed by atoms with Crippen molar-refractivity contribution >= 4 is 5.97 Å². The molecule has 0 amide bonds. The van der Waals surface area contributed by atoms with Crippen molar-refractivity contribution in [2.24, 2.45) is 0 Å². The quantitative estimate of drug-likeness (QED) is 0.885. The van der Waals surface area contributed by atoms with Crippen LogP contribution in [-0.2, 0) is 6.18 Å². The molecule has 2 rings (SSSR count). The first-order valence-electron chi connectivity index (χ1n) is 5.28. The molecule has 2 N–H and O–H groups in total. The number of hydrogen-bond donors (Lipinski definition) is 2. The second kappa shape index (κ2) is 4.80. The third-order valence-electron chi connectivity index (χ3n) is 2.52. The zero-order valence-corrected chi connectivity index (χ0v) is 9.73. The zero-order chi connectivity index (χ0) is 14.9. The molecule has 0 aromatic carbocycles. The number of nitrogens with zero attached hydrogens (tertiary/aromatic N) is 1. The third kappa shape index (κ3) is 2.68. The van der Waals surface area contributed by atoms with E-state index in [1.807, 2.05) is 0 Å². The molecule has 8 heteroatoms. The van der Waals surface area contributed by atoms with Gasteiger partial charge in [0.2, 0.25) is 5.56 Å². The number of carboxylic acid groups (broad SMARTS) is 1. The summed E-state index contributed by atoms with van der Waals surface area (Å²) in [5, 5.41) is 8.98. The highest BCUT2D eigenvalue weighted by Crippen LogP contribution is 2.31. The molecule has 0 aliphatic rings. The van der Waals surface area contributed by atoms with Gasteiger partial charge in [-0.3, -0.25) is 9.78 Å². The molecule has 104 valence electrons. The van der Waals surface area contributed by atoms with Gasteiger partial charge < -0.3 is 10.1 Å². The fourth-order valence-electron chi connectivity index (χ4n) is 1.61. The molecule has 0 atom stereocenters. The third-order valence-corrected chi connectivity index (χ3v) is 2.52. The van der Waals surface area contributed by atoms with Gasteiger partial charge in [-0.1, -0.05) is 0 Å². The van der Waals surface area contributed by atoms with Crippen LogP contribution in [0.15, 0.2) is 35.4 Å². The van der Waals surface area contributed by atoms with Crippen molar-refractivity contribution in [1.82, 2.24) is 9.97 Å². The van der Waals surface area contributed by atoms with E-state index in [1.54, 1.807) is 0 Å². The molecule has 0 fully saturated rings. The summed E-state index contributed by atoms with van der Waals surface area (Å²) in [4.78, 5) is 28.0. The Balaban J connectivity index is 2.63. The van der Waals surface area contributed by atoms with E-state index in [-0.39, 0.29) is 11.3 Å². The van der Waals surface area contributed by atoms with Crippen LogP contribution in [0.3, 0.4) is 0 Å². The number of rotatable bonds is 2. The van der Waals surface area contributed by atoms with Crippen LogP contribution in [-0.4, -0.2) is 21.0 Å². The second-order valence-electron chi connectivity index (χ2n) is 3.86. The summed E-state index contributed by atoms with van der Waals surface area (Å²) < 4.78 is 37.8. The topological polar surface area (TPSA) is 83.0 Å². The highest BCUT2D eigenvalue weighted by atomic mass is 19.4. The van der Waals surface area contributed by atoms with Crippen LogP contribution in [0.25, 0.3) is 11.3 Å². The van der Waals surface area contributed by atoms with Crippen LogP contribution in [0.4, 0.5) is 13.2 Å². The van der Waals surface area contributed by atoms with E-state index in [0.717, 1.165) is 30.6 Å². The molecular weight excluding hydrogens is 277 g/mol. The summed E-state index contributed by atoms with van der Waals surface area (Å²) in [5.41, 5.74) is -2.32. The van der Waals surface area contributed by atoms with E-state index in [1.165, 1.54) is 0 Å². The van der Waals surface area contributed by atoms with E-state index in [9.17, 15) is 22.8 Å². The van der Waals surface area contributed by atoms with Crippen molar-refractivity contribution < 1.29 is 23.1 Å². The Kier molecular flexibility index (Phi) is 3.31. The molecule has 2 aromatic rings. The number of carboxylic acids is 1. The molecule has 0 aliphatic carbocycles. The Morgan fingerprint density at radius 2 is 2.00 bits per heavy atom. The van der Waals surface area contributed by atoms with Gasteiger partial charge in [-0.25, -0.2) is 4.79 Å². The first kappa shape index (κ1) is 13.8. The van der Waals surface area contributed by atoms with E-state index >= 15 is 0 Å². The number of hydrogen-bond acceptors (Lipinski definition) is 3. The van der Waals surface area contributed by atoms with Crippen LogP contribution < -0.4 is 5.56 Å².